The van der Waals surface area contributed by atoms with Crippen LogP contribution in [0.5, 0.6) is 0 Å². The monoisotopic (exact) mass is 216 g/mol. The second kappa shape index (κ2) is 5.61. The van der Waals surface area contributed by atoms with Crippen LogP contribution in [0.4, 0.5) is 0 Å². The van der Waals surface area contributed by atoms with E-state index in [-0.39, 0.29) is 5.25 Å². The van der Waals surface area contributed by atoms with Gasteiger partial charge in [-0.15, -0.1) is 0 Å². The van der Waals surface area contributed by atoms with Crippen LogP contribution < -0.4 is 5.32 Å². The molecule has 1 fully saturated rings. The fourth-order valence-corrected chi connectivity index (χ4v) is 2.62. The molecule has 0 spiro atoms. The molecule has 3 nitrogen and oxygen atoms in total. The zero-order valence-electron chi connectivity index (χ0n) is 9.25. The van der Waals surface area contributed by atoms with E-state index in [9.17, 15) is 4.79 Å². The van der Waals surface area contributed by atoms with Crippen molar-refractivity contribution in [3.63, 3.8) is 0 Å². The van der Waals surface area contributed by atoms with Crippen LogP contribution in [0.2, 0.25) is 0 Å². The molecule has 1 amide bonds. The van der Waals surface area contributed by atoms with Crippen LogP contribution in [0, 0.1) is 5.92 Å². The molecule has 0 radical (unpaired) electrons. The number of amides is 1. The zero-order valence-corrected chi connectivity index (χ0v) is 10.1. The zero-order chi connectivity index (χ0) is 10.6. The van der Waals surface area contributed by atoms with E-state index < -0.39 is 0 Å². The fourth-order valence-electron chi connectivity index (χ4n) is 1.72. The first-order valence-electron chi connectivity index (χ1n) is 5.19. The van der Waals surface area contributed by atoms with Gasteiger partial charge in [0.1, 0.15) is 0 Å². The maximum atomic E-state index is 12.0. The summed E-state index contributed by atoms with van der Waals surface area (Å²) in [5, 5.41) is 3.39. The Bertz CT molecular complexity index is 191. The molecular weight excluding hydrogens is 196 g/mol. The number of nitrogens with zero attached hydrogens (tertiary/aromatic N) is 1. The minimum atomic E-state index is 0.132. The maximum Gasteiger partial charge on any atom is 0.236 e. The lowest BCUT2D eigenvalue weighted by Crippen LogP contribution is -2.50. The summed E-state index contributed by atoms with van der Waals surface area (Å²) in [7, 11) is 0. The summed E-state index contributed by atoms with van der Waals surface area (Å²) in [4.78, 5) is 14.0. The number of piperazine rings is 1. The summed E-state index contributed by atoms with van der Waals surface area (Å²) < 4.78 is 0. The Balaban J connectivity index is 2.52. The van der Waals surface area contributed by atoms with Gasteiger partial charge in [-0.1, -0.05) is 13.8 Å². The highest BCUT2D eigenvalue weighted by molar-refractivity contribution is 7.99. The average Bonchev–Trinajstić information content (AvgIpc) is 2.19. The van der Waals surface area contributed by atoms with Gasteiger partial charge in [0.25, 0.3) is 0 Å². The number of hydrogen-bond donors (Lipinski definition) is 1. The molecule has 4 heteroatoms. The Labute approximate surface area is 90.6 Å². The molecule has 1 aliphatic rings. The van der Waals surface area contributed by atoms with Crippen molar-refractivity contribution in [1.29, 1.82) is 0 Å². The van der Waals surface area contributed by atoms with Crippen LogP contribution in [0.1, 0.15) is 13.8 Å². The fraction of sp³-hybridized carbons (Fsp3) is 0.900. The van der Waals surface area contributed by atoms with Gasteiger partial charge >= 0.3 is 0 Å². The molecule has 1 unspecified atom stereocenters. The third-order valence-corrected chi connectivity index (χ3v) is 3.79. The number of carbonyl (C=O) groups excluding carboxylic acids is 1. The van der Waals surface area contributed by atoms with Crippen molar-refractivity contribution in [3.05, 3.63) is 0 Å². The summed E-state index contributed by atoms with van der Waals surface area (Å²) >= 11 is 1.67. The lowest BCUT2D eigenvalue weighted by Gasteiger charge is -2.31. The minimum Gasteiger partial charge on any atom is -0.339 e. The summed E-state index contributed by atoms with van der Waals surface area (Å²) in [5.74, 6) is 0.737. The van der Waals surface area contributed by atoms with Crippen molar-refractivity contribution < 1.29 is 4.79 Å². The van der Waals surface area contributed by atoms with Crippen molar-refractivity contribution in [1.82, 2.24) is 10.2 Å². The van der Waals surface area contributed by atoms with Crippen molar-refractivity contribution in [2.45, 2.75) is 19.1 Å². The summed E-state index contributed by atoms with van der Waals surface area (Å²) in [6, 6.07) is 0. The van der Waals surface area contributed by atoms with Gasteiger partial charge in [-0.3, -0.25) is 4.79 Å². The highest BCUT2D eigenvalue weighted by Gasteiger charge is 2.26. The van der Waals surface area contributed by atoms with Gasteiger partial charge in [-0.25, -0.2) is 0 Å². The third kappa shape index (κ3) is 2.89. The molecule has 1 saturated heterocycles. The smallest absolute Gasteiger partial charge is 0.236 e. The highest BCUT2D eigenvalue weighted by atomic mass is 32.2. The molecule has 0 aromatic rings. The number of thioether (sulfide) groups is 1. The van der Waals surface area contributed by atoms with E-state index >= 15 is 0 Å². The quantitative estimate of drug-likeness (QED) is 0.757. The molecule has 1 heterocycles. The lowest BCUT2D eigenvalue weighted by atomic mass is 10.1. The van der Waals surface area contributed by atoms with Crippen LogP contribution in [-0.2, 0) is 4.79 Å². The number of rotatable bonds is 3. The molecule has 1 N–H and O–H groups in total. The van der Waals surface area contributed by atoms with Crippen molar-refractivity contribution in [2.75, 3.05) is 32.4 Å². The van der Waals surface area contributed by atoms with Gasteiger partial charge in [-0.05, 0) is 12.2 Å². The van der Waals surface area contributed by atoms with Gasteiger partial charge in [0.15, 0.2) is 0 Å². The van der Waals surface area contributed by atoms with Crippen molar-refractivity contribution >= 4 is 17.7 Å². The highest BCUT2D eigenvalue weighted by Crippen LogP contribution is 2.19. The Morgan fingerprint density at radius 3 is 2.36 bits per heavy atom. The molecule has 1 rings (SSSR count). The van der Waals surface area contributed by atoms with Gasteiger partial charge < -0.3 is 10.2 Å². The number of hydrogen-bond acceptors (Lipinski definition) is 3. The van der Waals surface area contributed by atoms with E-state index in [0.29, 0.717) is 11.8 Å². The van der Waals surface area contributed by atoms with E-state index in [1.165, 1.54) is 0 Å². The molecule has 0 aromatic heterocycles. The largest absolute Gasteiger partial charge is 0.339 e. The molecular formula is C10H20N2OS. The standard InChI is InChI=1S/C10H20N2OS/c1-8(2)9(14-3)10(13)12-6-4-11-5-7-12/h8-9,11H,4-7H2,1-3H3. The molecule has 0 aliphatic carbocycles. The molecule has 0 saturated carbocycles. The second-order valence-corrected chi connectivity index (χ2v) is 4.95. The Hall–Kier alpha value is -0.220. The minimum absolute atomic E-state index is 0.132. The molecule has 1 aliphatic heterocycles. The third-order valence-electron chi connectivity index (χ3n) is 2.53. The van der Waals surface area contributed by atoms with Crippen LogP contribution in [0.25, 0.3) is 0 Å². The van der Waals surface area contributed by atoms with Crippen LogP contribution in [0.3, 0.4) is 0 Å². The average molecular weight is 216 g/mol. The summed E-state index contributed by atoms with van der Waals surface area (Å²) in [6.45, 7) is 7.82. The first-order chi connectivity index (χ1) is 6.66. The van der Waals surface area contributed by atoms with E-state index in [4.69, 9.17) is 0 Å². The first-order valence-corrected chi connectivity index (χ1v) is 6.48. The molecule has 1 atom stereocenters. The normalized spacial score (nSPS) is 19.9. The molecule has 0 bridgehead atoms. The van der Waals surface area contributed by atoms with Gasteiger partial charge in [0.2, 0.25) is 5.91 Å². The Morgan fingerprint density at radius 1 is 1.36 bits per heavy atom. The molecule has 82 valence electrons. The van der Waals surface area contributed by atoms with Gasteiger partial charge in [0.05, 0.1) is 5.25 Å². The Morgan fingerprint density at radius 2 is 1.93 bits per heavy atom. The van der Waals surface area contributed by atoms with Crippen LogP contribution in [-0.4, -0.2) is 48.5 Å². The maximum absolute atomic E-state index is 12.0. The summed E-state index contributed by atoms with van der Waals surface area (Å²) in [5.41, 5.74) is 0. The number of carbonyl (C=O) groups is 1. The second-order valence-electron chi connectivity index (χ2n) is 3.98. The molecule has 0 aromatic carbocycles. The lowest BCUT2D eigenvalue weighted by molar-refractivity contribution is -0.131. The van der Waals surface area contributed by atoms with Crippen molar-refractivity contribution in [3.8, 4) is 0 Å². The summed E-state index contributed by atoms with van der Waals surface area (Å²) in [6.07, 6.45) is 2.02. The van der Waals surface area contributed by atoms with Crippen LogP contribution in [0.15, 0.2) is 0 Å². The SMILES string of the molecule is CSC(C(=O)N1CCNCC1)C(C)C. The van der Waals surface area contributed by atoms with E-state index in [1.54, 1.807) is 11.8 Å². The van der Waals surface area contributed by atoms with Crippen LogP contribution >= 0.6 is 11.8 Å². The van der Waals surface area contributed by atoms with E-state index in [0.717, 1.165) is 26.2 Å². The van der Waals surface area contributed by atoms with Crippen molar-refractivity contribution in [2.24, 2.45) is 5.92 Å². The van der Waals surface area contributed by atoms with Gasteiger partial charge in [0, 0.05) is 26.2 Å². The van der Waals surface area contributed by atoms with Gasteiger partial charge in [-0.2, -0.15) is 11.8 Å². The first kappa shape index (κ1) is 11.9. The van der Waals surface area contributed by atoms with E-state index in [1.807, 2.05) is 11.2 Å². The number of nitrogens with one attached hydrogen (secondary N) is 1. The molecule has 14 heavy (non-hydrogen) atoms. The topological polar surface area (TPSA) is 32.3 Å². The predicted molar refractivity (Wildman–Crippen MR) is 61.6 cm³/mol. The Kier molecular flexibility index (Phi) is 4.75. The predicted octanol–water partition coefficient (Wildman–Crippen LogP) is 0.806. The van der Waals surface area contributed by atoms with E-state index in [2.05, 4.69) is 19.2 Å².